The number of pyridine rings is 1. The molecular formula is C29H49N5O3. The summed E-state index contributed by atoms with van der Waals surface area (Å²) >= 11 is 0. The van der Waals surface area contributed by atoms with Gasteiger partial charge in [0.1, 0.15) is 0 Å². The maximum Gasteiger partial charge on any atom is 0.209 e. The molecule has 1 aromatic rings. The quantitative estimate of drug-likeness (QED) is 0.399. The maximum atomic E-state index is 11.5. The molecule has 208 valence electrons. The molecule has 2 aliphatic rings. The van der Waals surface area contributed by atoms with Crippen molar-refractivity contribution in [3.63, 3.8) is 0 Å². The molecule has 3 rings (SSSR count). The second kappa shape index (κ2) is 18.1. The number of carbonyl (C=O) groups excluding carboxylic acids is 3. The van der Waals surface area contributed by atoms with Crippen LogP contribution in [0.1, 0.15) is 77.3 Å². The first kappa shape index (κ1) is 33.8. The molecular weight excluding hydrogens is 466 g/mol. The summed E-state index contributed by atoms with van der Waals surface area (Å²) in [6.45, 7) is 15.9. The molecule has 2 saturated heterocycles. The first-order chi connectivity index (χ1) is 17.2. The average Bonchev–Trinajstić information content (AvgIpc) is 3.41. The Bertz CT molecular complexity index is 907. The van der Waals surface area contributed by atoms with Gasteiger partial charge in [0, 0.05) is 73.1 Å². The second-order valence-electron chi connectivity index (χ2n) is 9.26. The molecule has 2 aliphatic heterocycles. The lowest BCUT2D eigenvalue weighted by Crippen LogP contribution is -2.38. The number of aromatic nitrogens is 1. The maximum absolute atomic E-state index is 11.5. The van der Waals surface area contributed by atoms with Crippen molar-refractivity contribution >= 4 is 24.3 Å². The number of hydrogen-bond donors (Lipinski definition) is 2. The highest BCUT2D eigenvalue weighted by molar-refractivity contribution is 6.00. The predicted octanol–water partition coefficient (Wildman–Crippen LogP) is 4.08. The van der Waals surface area contributed by atoms with E-state index in [9.17, 15) is 9.59 Å². The minimum atomic E-state index is 0. The van der Waals surface area contributed by atoms with Crippen LogP contribution in [0.4, 0.5) is 0 Å². The smallest absolute Gasteiger partial charge is 0.209 e. The zero-order valence-corrected chi connectivity index (χ0v) is 22.8. The van der Waals surface area contributed by atoms with E-state index in [0.29, 0.717) is 5.92 Å². The van der Waals surface area contributed by atoms with Crippen LogP contribution in [0.3, 0.4) is 0 Å². The predicted molar refractivity (Wildman–Crippen MR) is 153 cm³/mol. The highest BCUT2D eigenvalue weighted by Gasteiger charge is 2.25. The fourth-order valence-electron chi connectivity index (χ4n) is 4.60. The Balaban J connectivity index is 0.000000624. The van der Waals surface area contributed by atoms with Crippen LogP contribution in [0, 0.1) is 12.8 Å². The Morgan fingerprint density at radius 2 is 1.81 bits per heavy atom. The van der Waals surface area contributed by atoms with Gasteiger partial charge in [0.2, 0.25) is 12.8 Å². The Labute approximate surface area is 224 Å². The fourth-order valence-corrected chi connectivity index (χ4v) is 4.60. The van der Waals surface area contributed by atoms with Gasteiger partial charge in [-0.25, -0.2) is 0 Å². The number of nitrogens with two attached hydrogens (primary N) is 1. The highest BCUT2D eigenvalue weighted by atomic mass is 16.1. The van der Waals surface area contributed by atoms with E-state index in [1.54, 1.807) is 6.92 Å². The van der Waals surface area contributed by atoms with E-state index in [4.69, 9.17) is 4.79 Å². The molecule has 8 nitrogen and oxygen atoms in total. The number of allylic oxidation sites excluding steroid dienone is 1. The van der Waals surface area contributed by atoms with Crippen LogP contribution in [0.15, 0.2) is 30.0 Å². The van der Waals surface area contributed by atoms with E-state index in [1.165, 1.54) is 25.0 Å². The summed E-state index contributed by atoms with van der Waals surface area (Å²) in [5.74, 6) is 0.587. The molecule has 1 aromatic heterocycles. The number of nitrogens with one attached hydrogen (secondary N) is 1. The summed E-state index contributed by atoms with van der Waals surface area (Å²) in [4.78, 5) is 39.7. The Morgan fingerprint density at radius 3 is 2.32 bits per heavy atom. The van der Waals surface area contributed by atoms with Gasteiger partial charge in [-0.05, 0) is 65.0 Å². The highest BCUT2D eigenvalue weighted by Crippen LogP contribution is 2.27. The summed E-state index contributed by atoms with van der Waals surface area (Å²) in [7, 11) is 1.84. The third kappa shape index (κ3) is 10.8. The minimum absolute atomic E-state index is 0. The first-order valence-electron chi connectivity index (χ1n) is 12.9. The topological polar surface area (TPSA) is 109 Å². The molecule has 0 saturated carbocycles. The van der Waals surface area contributed by atoms with Crippen molar-refractivity contribution < 1.29 is 14.4 Å². The van der Waals surface area contributed by atoms with Gasteiger partial charge < -0.3 is 20.9 Å². The number of likely N-dealkylation sites (tertiary alicyclic amines) is 2. The number of primary amides is 1. The van der Waals surface area contributed by atoms with Gasteiger partial charge in [-0.3, -0.25) is 19.4 Å². The van der Waals surface area contributed by atoms with Crippen molar-refractivity contribution in [2.45, 2.75) is 73.6 Å². The summed E-state index contributed by atoms with van der Waals surface area (Å²) in [6, 6.07) is 4.03. The van der Waals surface area contributed by atoms with Gasteiger partial charge in [0.15, 0.2) is 5.78 Å². The monoisotopic (exact) mass is 515 g/mol. The molecule has 0 radical (unpaired) electrons. The van der Waals surface area contributed by atoms with Crippen LogP contribution in [0.5, 0.6) is 0 Å². The SMILES string of the molecule is C.C=C(C1CCCN(C=O)C1)N1CCCC1.CCCc1nc(C)ccc1/C(NC)=C(\C)C(C)=O.NC=O. The van der Waals surface area contributed by atoms with E-state index in [2.05, 4.69) is 34.4 Å². The molecule has 8 heteroatoms. The van der Waals surface area contributed by atoms with Crippen molar-refractivity contribution in [2.75, 3.05) is 33.2 Å². The molecule has 3 heterocycles. The molecule has 0 aliphatic carbocycles. The number of aryl methyl sites for hydroxylation is 2. The van der Waals surface area contributed by atoms with Crippen LogP contribution in [0.25, 0.3) is 5.70 Å². The summed E-state index contributed by atoms with van der Waals surface area (Å²) < 4.78 is 0. The van der Waals surface area contributed by atoms with Crippen molar-refractivity contribution in [3.05, 3.63) is 46.9 Å². The van der Waals surface area contributed by atoms with Gasteiger partial charge in [-0.15, -0.1) is 0 Å². The van der Waals surface area contributed by atoms with Crippen LogP contribution in [-0.2, 0) is 20.8 Å². The van der Waals surface area contributed by atoms with E-state index in [1.807, 2.05) is 37.9 Å². The van der Waals surface area contributed by atoms with Gasteiger partial charge >= 0.3 is 0 Å². The molecule has 37 heavy (non-hydrogen) atoms. The lowest BCUT2D eigenvalue weighted by molar-refractivity contribution is -0.119. The lowest BCUT2D eigenvalue weighted by atomic mass is 9.95. The molecule has 1 atom stereocenters. The Morgan fingerprint density at radius 1 is 1.19 bits per heavy atom. The largest absolute Gasteiger partial charge is 0.387 e. The number of ketones is 1. The van der Waals surface area contributed by atoms with Crippen molar-refractivity contribution in [1.29, 1.82) is 0 Å². The van der Waals surface area contributed by atoms with E-state index < -0.39 is 0 Å². The van der Waals surface area contributed by atoms with Crippen LogP contribution < -0.4 is 11.1 Å². The minimum Gasteiger partial charge on any atom is -0.387 e. The van der Waals surface area contributed by atoms with Crippen molar-refractivity contribution in [1.82, 2.24) is 20.1 Å². The van der Waals surface area contributed by atoms with Crippen LogP contribution in [0.2, 0.25) is 0 Å². The molecule has 1 unspecified atom stereocenters. The van der Waals surface area contributed by atoms with Crippen molar-refractivity contribution in [2.24, 2.45) is 11.7 Å². The van der Waals surface area contributed by atoms with Crippen LogP contribution in [-0.4, -0.2) is 66.6 Å². The van der Waals surface area contributed by atoms with Gasteiger partial charge in [-0.2, -0.15) is 0 Å². The van der Waals surface area contributed by atoms with Gasteiger partial charge in [0.25, 0.3) is 0 Å². The van der Waals surface area contributed by atoms with Crippen LogP contribution >= 0.6 is 0 Å². The van der Waals surface area contributed by atoms with E-state index >= 15 is 0 Å². The van der Waals surface area contributed by atoms with Crippen molar-refractivity contribution in [3.8, 4) is 0 Å². The summed E-state index contributed by atoms with van der Waals surface area (Å²) in [5, 5.41) is 3.14. The third-order valence-corrected chi connectivity index (χ3v) is 6.61. The molecule has 0 aromatic carbocycles. The molecule has 2 fully saturated rings. The van der Waals surface area contributed by atoms with E-state index in [0.717, 1.165) is 80.1 Å². The second-order valence-corrected chi connectivity index (χ2v) is 9.26. The number of nitrogens with zero attached hydrogens (tertiary/aromatic N) is 3. The number of carbonyl (C=O) groups is 3. The normalized spacial score (nSPS) is 17.1. The number of rotatable bonds is 8. The standard InChI is InChI=1S/C15H22N2O.C12H20N2O.CH3NO.CH4/c1-6-7-14-13(9-8-10(2)17-14)15(16-5)11(3)12(4)18;1-11(14-7-2-3-8-14)12-5-4-6-13(9-12)10-15;2-1-3;/h8-9,16H,6-7H2,1-5H3;10,12H,1-9H2;1H,(H2,2,3);1H4/b15-11-;;;. The van der Waals surface area contributed by atoms with E-state index in [-0.39, 0.29) is 19.6 Å². The fraction of sp³-hybridized carbons (Fsp3) is 0.586. The Kier molecular flexibility index (Phi) is 16.6. The van der Waals surface area contributed by atoms with Gasteiger partial charge in [-0.1, -0.05) is 27.4 Å². The third-order valence-electron chi connectivity index (χ3n) is 6.61. The van der Waals surface area contributed by atoms with Gasteiger partial charge in [0.05, 0.1) is 0 Å². The molecule has 0 bridgehead atoms. The lowest BCUT2D eigenvalue weighted by Gasteiger charge is -2.34. The zero-order chi connectivity index (χ0) is 27.1. The first-order valence-corrected chi connectivity index (χ1v) is 12.9. The number of Topliss-reactive ketones (excluding diaryl/α,β-unsaturated/α-hetero) is 1. The summed E-state index contributed by atoms with van der Waals surface area (Å²) in [6.07, 6.45) is 8.10. The zero-order valence-electron chi connectivity index (χ0n) is 22.8. The Hall–Kier alpha value is -3.16. The summed E-state index contributed by atoms with van der Waals surface area (Å²) in [5.41, 5.74) is 10.2. The number of hydrogen-bond acceptors (Lipinski definition) is 6. The number of amides is 2. The average molecular weight is 516 g/mol. The molecule has 3 N–H and O–H groups in total. The molecule has 0 spiro atoms. The number of piperidine rings is 1. The molecule has 2 amide bonds.